The van der Waals surface area contributed by atoms with Gasteiger partial charge in [-0.15, -0.1) is 6.58 Å². The van der Waals surface area contributed by atoms with Gasteiger partial charge >= 0.3 is 0 Å². The van der Waals surface area contributed by atoms with Crippen molar-refractivity contribution < 1.29 is 9.90 Å². The summed E-state index contributed by atoms with van der Waals surface area (Å²) >= 11 is 0. The van der Waals surface area contributed by atoms with Crippen molar-refractivity contribution in [3.8, 4) is 0 Å². The molecule has 1 aliphatic carbocycles. The fourth-order valence-corrected chi connectivity index (χ4v) is 2.89. The summed E-state index contributed by atoms with van der Waals surface area (Å²) in [4.78, 5) is 12.3. The quantitative estimate of drug-likeness (QED) is 0.830. The predicted molar refractivity (Wildman–Crippen MR) is 72.3 cm³/mol. The maximum atomic E-state index is 12.3. The van der Waals surface area contributed by atoms with Crippen molar-refractivity contribution in [3.63, 3.8) is 0 Å². The highest BCUT2D eigenvalue weighted by Crippen LogP contribution is 2.44. The molecule has 0 saturated heterocycles. The summed E-state index contributed by atoms with van der Waals surface area (Å²) in [5.74, 6) is 0.139. The van der Waals surface area contributed by atoms with Crippen molar-refractivity contribution in [1.82, 2.24) is 0 Å². The zero-order valence-corrected chi connectivity index (χ0v) is 10.9. The highest BCUT2D eigenvalue weighted by Gasteiger charge is 2.51. The van der Waals surface area contributed by atoms with Gasteiger partial charge in [-0.05, 0) is 31.7 Å². The second-order valence-electron chi connectivity index (χ2n) is 5.40. The largest absolute Gasteiger partial charge is 0.385 e. The number of Topliss-reactive ketones (excluding diaryl/α,β-unsaturated/α-hetero) is 1. The Bertz CT molecular complexity index is 451. The van der Waals surface area contributed by atoms with E-state index in [1.807, 2.05) is 37.3 Å². The first kappa shape index (κ1) is 13.0. The average Bonchev–Trinajstić information content (AvgIpc) is 2.37. The van der Waals surface area contributed by atoms with Gasteiger partial charge in [0.05, 0.1) is 11.0 Å². The summed E-state index contributed by atoms with van der Waals surface area (Å²) in [6.45, 7) is 5.59. The molecular weight excluding hydrogens is 224 g/mol. The lowest BCUT2D eigenvalue weighted by Gasteiger charge is -2.45. The summed E-state index contributed by atoms with van der Waals surface area (Å²) in [5.41, 5.74) is -0.762. The monoisotopic (exact) mass is 244 g/mol. The third-order valence-corrected chi connectivity index (χ3v) is 4.27. The zero-order valence-electron chi connectivity index (χ0n) is 10.9. The lowest BCUT2D eigenvalue weighted by atomic mass is 9.61. The maximum Gasteiger partial charge on any atom is 0.142 e. The molecule has 1 aromatic carbocycles. The van der Waals surface area contributed by atoms with Crippen molar-refractivity contribution >= 4 is 5.78 Å². The fourth-order valence-electron chi connectivity index (χ4n) is 2.89. The van der Waals surface area contributed by atoms with Gasteiger partial charge in [-0.25, -0.2) is 0 Å². The van der Waals surface area contributed by atoms with Crippen LogP contribution in [-0.2, 0) is 11.2 Å². The van der Waals surface area contributed by atoms with Crippen LogP contribution in [0.25, 0.3) is 0 Å². The smallest absolute Gasteiger partial charge is 0.142 e. The van der Waals surface area contributed by atoms with Gasteiger partial charge in [0, 0.05) is 6.42 Å². The fraction of sp³-hybridized carbons (Fsp3) is 0.438. The Morgan fingerprint density at radius 2 is 2.06 bits per heavy atom. The number of hydrogen-bond donors (Lipinski definition) is 1. The number of rotatable bonds is 3. The average molecular weight is 244 g/mol. The van der Waals surface area contributed by atoms with Crippen LogP contribution in [0.5, 0.6) is 0 Å². The van der Waals surface area contributed by atoms with Gasteiger partial charge in [0.15, 0.2) is 0 Å². The van der Waals surface area contributed by atoms with Crippen molar-refractivity contribution in [2.75, 3.05) is 0 Å². The van der Waals surface area contributed by atoms with E-state index in [4.69, 9.17) is 0 Å². The topological polar surface area (TPSA) is 37.3 Å². The molecule has 0 radical (unpaired) electrons. The molecule has 2 unspecified atom stereocenters. The first-order chi connectivity index (χ1) is 8.52. The van der Waals surface area contributed by atoms with Gasteiger partial charge in [0.2, 0.25) is 0 Å². The Labute approximate surface area is 108 Å². The Balaban J connectivity index is 2.36. The minimum Gasteiger partial charge on any atom is -0.385 e. The minimum atomic E-state index is -1.09. The number of ketones is 1. The molecule has 96 valence electrons. The van der Waals surface area contributed by atoms with Crippen molar-refractivity contribution in [3.05, 3.63) is 48.6 Å². The molecular formula is C16H20O2. The van der Waals surface area contributed by atoms with Crippen LogP contribution < -0.4 is 0 Å². The molecule has 1 N–H and O–H groups in total. The van der Waals surface area contributed by atoms with E-state index in [-0.39, 0.29) is 5.78 Å². The number of carbonyl (C=O) groups is 1. The third-order valence-electron chi connectivity index (χ3n) is 4.27. The third kappa shape index (κ3) is 2.01. The van der Waals surface area contributed by atoms with Crippen LogP contribution in [-0.4, -0.2) is 16.5 Å². The standard InChI is InChI=1S/C16H20O2/c1-3-16(18)11-7-10-14(17)15(16,2)12-13-8-5-4-6-9-13/h3-6,8-9,18H,1,7,10-12H2,2H3. The van der Waals surface area contributed by atoms with Crippen LogP contribution in [0.3, 0.4) is 0 Å². The minimum absolute atomic E-state index is 0.139. The molecule has 1 aliphatic rings. The SMILES string of the molecule is C=CC1(O)CCCC(=O)C1(C)Cc1ccccc1. The van der Waals surface area contributed by atoms with E-state index in [0.29, 0.717) is 19.3 Å². The Kier molecular flexibility index (Phi) is 3.40. The van der Waals surface area contributed by atoms with E-state index in [1.165, 1.54) is 0 Å². The molecule has 0 aromatic heterocycles. The van der Waals surface area contributed by atoms with E-state index in [9.17, 15) is 9.90 Å². The van der Waals surface area contributed by atoms with Crippen molar-refractivity contribution in [1.29, 1.82) is 0 Å². The summed E-state index contributed by atoms with van der Waals surface area (Å²) in [6.07, 6.45) is 4.03. The number of aliphatic hydroxyl groups is 1. The first-order valence-corrected chi connectivity index (χ1v) is 6.45. The number of benzene rings is 1. The predicted octanol–water partition coefficient (Wildman–Crippen LogP) is 2.91. The summed E-state index contributed by atoms with van der Waals surface area (Å²) in [7, 11) is 0. The molecule has 2 heteroatoms. The van der Waals surface area contributed by atoms with Crippen LogP contribution in [0.15, 0.2) is 43.0 Å². The Morgan fingerprint density at radius 1 is 1.39 bits per heavy atom. The van der Waals surface area contributed by atoms with Gasteiger partial charge in [-0.2, -0.15) is 0 Å². The van der Waals surface area contributed by atoms with Crippen LogP contribution >= 0.6 is 0 Å². The molecule has 0 spiro atoms. The molecule has 2 atom stereocenters. The molecule has 1 aromatic rings. The normalized spacial score (nSPS) is 32.2. The van der Waals surface area contributed by atoms with Gasteiger partial charge < -0.3 is 5.11 Å². The Hall–Kier alpha value is -1.41. The number of hydrogen-bond acceptors (Lipinski definition) is 2. The van der Waals surface area contributed by atoms with E-state index in [2.05, 4.69) is 6.58 Å². The van der Waals surface area contributed by atoms with E-state index in [0.717, 1.165) is 12.0 Å². The summed E-state index contributed by atoms with van der Waals surface area (Å²) < 4.78 is 0. The second-order valence-corrected chi connectivity index (χ2v) is 5.40. The van der Waals surface area contributed by atoms with Crippen LogP contribution in [0.2, 0.25) is 0 Å². The Morgan fingerprint density at radius 3 is 2.67 bits per heavy atom. The molecule has 0 amide bonds. The maximum absolute atomic E-state index is 12.3. The van der Waals surface area contributed by atoms with Gasteiger partial charge in [-0.1, -0.05) is 36.4 Å². The van der Waals surface area contributed by atoms with Crippen molar-refractivity contribution in [2.24, 2.45) is 5.41 Å². The highest BCUT2D eigenvalue weighted by atomic mass is 16.3. The molecule has 18 heavy (non-hydrogen) atoms. The van der Waals surface area contributed by atoms with Gasteiger partial charge in [0.1, 0.15) is 5.78 Å². The molecule has 0 bridgehead atoms. The molecule has 1 saturated carbocycles. The molecule has 2 nitrogen and oxygen atoms in total. The lowest BCUT2D eigenvalue weighted by Crippen LogP contribution is -2.54. The first-order valence-electron chi connectivity index (χ1n) is 6.45. The van der Waals surface area contributed by atoms with E-state index < -0.39 is 11.0 Å². The molecule has 0 aliphatic heterocycles. The number of carbonyl (C=O) groups excluding carboxylic acids is 1. The van der Waals surface area contributed by atoms with Crippen LogP contribution in [0.4, 0.5) is 0 Å². The van der Waals surface area contributed by atoms with Crippen LogP contribution in [0.1, 0.15) is 31.7 Å². The lowest BCUT2D eigenvalue weighted by molar-refractivity contribution is -0.147. The van der Waals surface area contributed by atoms with Gasteiger partial charge in [0.25, 0.3) is 0 Å². The zero-order chi connectivity index (χ0) is 13.2. The molecule has 2 rings (SSSR count). The second kappa shape index (κ2) is 4.69. The molecule has 1 fully saturated rings. The highest BCUT2D eigenvalue weighted by molar-refractivity contribution is 5.87. The van der Waals surface area contributed by atoms with Gasteiger partial charge in [-0.3, -0.25) is 4.79 Å². The summed E-state index contributed by atoms with van der Waals surface area (Å²) in [5, 5.41) is 10.7. The van der Waals surface area contributed by atoms with E-state index in [1.54, 1.807) is 6.08 Å². The summed E-state index contributed by atoms with van der Waals surface area (Å²) in [6, 6.07) is 9.86. The van der Waals surface area contributed by atoms with Crippen molar-refractivity contribution in [2.45, 2.75) is 38.2 Å². The van der Waals surface area contributed by atoms with Crippen LogP contribution in [0, 0.1) is 5.41 Å². The molecule has 0 heterocycles. The van der Waals surface area contributed by atoms with E-state index >= 15 is 0 Å².